The van der Waals surface area contributed by atoms with E-state index in [0.29, 0.717) is 10.0 Å². The third kappa shape index (κ3) is 2.87. The summed E-state index contributed by atoms with van der Waals surface area (Å²) in [6.45, 7) is 0. The molecular formula is C16H11BrFNO3. The molecule has 1 atom stereocenters. The van der Waals surface area contributed by atoms with E-state index in [9.17, 15) is 14.0 Å². The van der Waals surface area contributed by atoms with Crippen LogP contribution in [0.1, 0.15) is 15.9 Å². The monoisotopic (exact) mass is 363 g/mol. The number of nitrogens with one attached hydrogen (secondary N) is 1. The molecule has 6 heteroatoms. The van der Waals surface area contributed by atoms with Gasteiger partial charge in [-0.25, -0.2) is 9.18 Å². The van der Waals surface area contributed by atoms with Gasteiger partial charge in [-0.2, -0.15) is 0 Å². The third-order valence-corrected chi connectivity index (χ3v) is 3.87. The van der Waals surface area contributed by atoms with Gasteiger partial charge in [-0.3, -0.25) is 4.79 Å². The summed E-state index contributed by atoms with van der Waals surface area (Å²) in [4.78, 5) is 24.1. The lowest BCUT2D eigenvalue weighted by molar-refractivity contribution is -0.125. The predicted octanol–water partition coefficient (Wildman–Crippen LogP) is 3.31. The second-order valence-corrected chi connectivity index (χ2v) is 5.78. The smallest absolute Gasteiger partial charge is 0.339 e. The van der Waals surface area contributed by atoms with Crippen molar-refractivity contribution in [3.05, 3.63) is 63.9 Å². The fraction of sp³-hybridized carbons (Fsp3) is 0.125. The van der Waals surface area contributed by atoms with Crippen molar-refractivity contribution in [3.8, 4) is 0 Å². The number of rotatable bonds is 2. The van der Waals surface area contributed by atoms with Crippen LogP contribution in [0, 0.1) is 5.82 Å². The Hall–Kier alpha value is -2.21. The first-order valence-electron chi connectivity index (χ1n) is 6.59. The van der Waals surface area contributed by atoms with Crippen molar-refractivity contribution in [3.63, 3.8) is 0 Å². The van der Waals surface area contributed by atoms with Gasteiger partial charge >= 0.3 is 5.97 Å². The van der Waals surface area contributed by atoms with E-state index in [1.54, 1.807) is 30.3 Å². The summed E-state index contributed by atoms with van der Waals surface area (Å²) in [7, 11) is 0. The molecule has 1 unspecified atom stereocenters. The Bertz CT molecular complexity index is 763. The SMILES string of the molecule is O=C1OC(C(=O)Nc2ccc(Br)cc2F)Cc2ccccc21. The minimum atomic E-state index is -0.967. The molecule has 0 spiro atoms. The number of carbonyl (C=O) groups is 2. The van der Waals surface area contributed by atoms with Gasteiger partial charge in [0.15, 0.2) is 6.10 Å². The van der Waals surface area contributed by atoms with E-state index >= 15 is 0 Å². The summed E-state index contributed by atoms with van der Waals surface area (Å²) < 4.78 is 19.4. The molecule has 22 heavy (non-hydrogen) atoms. The van der Waals surface area contributed by atoms with Crippen LogP contribution in [-0.4, -0.2) is 18.0 Å². The molecule has 0 saturated carbocycles. The van der Waals surface area contributed by atoms with Crippen LogP contribution >= 0.6 is 15.9 Å². The highest BCUT2D eigenvalue weighted by molar-refractivity contribution is 9.10. The second-order valence-electron chi connectivity index (χ2n) is 4.87. The molecule has 1 aliphatic rings. The van der Waals surface area contributed by atoms with E-state index in [4.69, 9.17) is 4.74 Å². The van der Waals surface area contributed by atoms with Gasteiger partial charge in [0.05, 0.1) is 11.3 Å². The molecule has 0 saturated heterocycles. The molecule has 112 valence electrons. The third-order valence-electron chi connectivity index (χ3n) is 3.37. The topological polar surface area (TPSA) is 55.4 Å². The molecule has 1 heterocycles. The molecular weight excluding hydrogens is 353 g/mol. The van der Waals surface area contributed by atoms with Crippen LogP contribution in [0.2, 0.25) is 0 Å². The average Bonchev–Trinajstić information content (AvgIpc) is 2.50. The van der Waals surface area contributed by atoms with E-state index in [1.807, 2.05) is 0 Å². The Balaban J connectivity index is 1.78. The number of esters is 1. The van der Waals surface area contributed by atoms with Crippen LogP contribution in [0.3, 0.4) is 0 Å². The van der Waals surface area contributed by atoms with Crippen LogP contribution < -0.4 is 5.32 Å². The van der Waals surface area contributed by atoms with Gasteiger partial charge in [-0.15, -0.1) is 0 Å². The summed E-state index contributed by atoms with van der Waals surface area (Å²) in [5.41, 5.74) is 1.25. The first-order chi connectivity index (χ1) is 10.5. The Kier molecular flexibility index (Phi) is 3.94. The molecule has 1 amide bonds. The normalized spacial score (nSPS) is 16.6. The highest BCUT2D eigenvalue weighted by atomic mass is 79.9. The minimum Gasteiger partial charge on any atom is -0.448 e. The van der Waals surface area contributed by atoms with Crippen LogP contribution in [0.25, 0.3) is 0 Å². The van der Waals surface area contributed by atoms with E-state index in [1.165, 1.54) is 12.1 Å². The molecule has 0 radical (unpaired) electrons. The minimum absolute atomic E-state index is 0.0445. The van der Waals surface area contributed by atoms with Crippen molar-refractivity contribution < 1.29 is 18.7 Å². The van der Waals surface area contributed by atoms with Crippen molar-refractivity contribution in [1.82, 2.24) is 0 Å². The van der Waals surface area contributed by atoms with Gasteiger partial charge in [0.2, 0.25) is 0 Å². The number of cyclic esters (lactones) is 1. The van der Waals surface area contributed by atoms with Gasteiger partial charge in [0, 0.05) is 10.9 Å². The maximum Gasteiger partial charge on any atom is 0.339 e. The summed E-state index contributed by atoms with van der Waals surface area (Å²) in [6.07, 6.45) is -0.697. The van der Waals surface area contributed by atoms with Crippen molar-refractivity contribution in [2.24, 2.45) is 0 Å². The zero-order valence-electron chi connectivity index (χ0n) is 11.3. The summed E-state index contributed by atoms with van der Waals surface area (Å²) in [5.74, 6) is -1.66. The fourth-order valence-corrected chi connectivity index (χ4v) is 2.61. The summed E-state index contributed by atoms with van der Waals surface area (Å²) >= 11 is 3.14. The molecule has 1 N–H and O–H groups in total. The maximum absolute atomic E-state index is 13.7. The first-order valence-corrected chi connectivity index (χ1v) is 7.38. The average molecular weight is 364 g/mol. The van der Waals surface area contributed by atoms with Gasteiger partial charge in [-0.1, -0.05) is 34.1 Å². The number of hydrogen-bond donors (Lipinski definition) is 1. The lowest BCUT2D eigenvalue weighted by Gasteiger charge is -2.23. The largest absolute Gasteiger partial charge is 0.448 e. The molecule has 3 rings (SSSR count). The van der Waals surface area contributed by atoms with Crippen LogP contribution in [0.15, 0.2) is 46.9 Å². The molecule has 0 fully saturated rings. The van der Waals surface area contributed by atoms with Crippen molar-refractivity contribution in [2.75, 3.05) is 5.32 Å². The zero-order valence-corrected chi connectivity index (χ0v) is 12.9. The van der Waals surface area contributed by atoms with E-state index < -0.39 is 23.8 Å². The van der Waals surface area contributed by atoms with Crippen molar-refractivity contribution in [1.29, 1.82) is 0 Å². The van der Waals surface area contributed by atoms with E-state index in [2.05, 4.69) is 21.2 Å². The highest BCUT2D eigenvalue weighted by Gasteiger charge is 2.31. The second kappa shape index (κ2) is 5.88. The number of halogens is 2. The Morgan fingerprint density at radius 3 is 2.82 bits per heavy atom. The lowest BCUT2D eigenvalue weighted by atomic mass is 9.98. The van der Waals surface area contributed by atoms with Gasteiger partial charge in [-0.05, 0) is 29.8 Å². The summed E-state index contributed by atoms with van der Waals surface area (Å²) in [6, 6.07) is 11.3. The van der Waals surface area contributed by atoms with Crippen LogP contribution in [-0.2, 0) is 16.0 Å². The predicted molar refractivity (Wildman–Crippen MR) is 82.1 cm³/mol. The highest BCUT2D eigenvalue weighted by Crippen LogP contribution is 2.23. The van der Waals surface area contributed by atoms with Crippen molar-refractivity contribution >= 4 is 33.5 Å². The van der Waals surface area contributed by atoms with Gasteiger partial charge in [0.1, 0.15) is 5.82 Å². The Morgan fingerprint density at radius 1 is 1.27 bits per heavy atom. The van der Waals surface area contributed by atoms with Gasteiger partial charge < -0.3 is 10.1 Å². The van der Waals surface area contributed by atoms with Crippen LogP contribution in [0.5, 0.6) is 0 Å². The number of fused-ring (bicyclic) bond motifs is 1. The number of amides is 1. The standard InChI is InChI=1S/C16H11BrFNO3/c17-10-5-6-13(12(18)8-10)19-15(20)14-7-9-3-1-2-4-11(9)16(21)22-14/h1-6,8,14H,7H2,(H,19,20). The quantitative estimate of drug-likeness (QED) is 0.832. The van der Waals surface area contributed by atoms with Gasteiger partial charge in [0.25, 0.3) is 5.91 Å². The fourth-order valence-electron chi connectivity index (χ4n) is 2.28. The molecule has 1 aliphatic heterocycles. The summed E-state index contributed by atoms with van der Waals surface area (Å²) in [5, 5.41) is 2.45. The molecule has 0 aromatic heterocycles. The Morgan fingerprint density at radius 2 is 2.05 bits per heavy atom. The zero-order chi connectivity index (χ0) is 15.7. The molecule has 0 aliphatic carbocycles. The molecule has 0 bridgehead atoms. The lowest BCUT2D eigenvalue weighted by Crippen LogP contribution is -2.38. The molecule has 2 aromatic rings. The Labute approximate surface area is 134 Å². The number of ether oxygens (including phenoxy) is 1. The number of benzene rings is 2. The van der Waals surface area contributed by atoms with E-state index in [0.717, 1.165) is 5.56 Å². The maximum atomic E-state index is 13.7. The molecule has 4 nitrogen and oxygen atoms in total. The number of hydrogen-bond acceptors (Lipinski definition) is 3. The number of carbonyl (C=O) groups excluding carboxylic acids is 2. The van der Waals surface area contributed by atoms with Crippen LogP contribution in [0.4, 0.5) is 10.1 Å². The van der Waals surface area contributed by atoms with E-state index in [-0.39, 0.29) is 12.1 Å². The number of anilines is 1. The van der Waals surface area contributed by atoms with Crippen molar-refractivity contribution in [2.45, 2.75) is 12.5 Å². The first kappa shape index (κ1) is 14.7. The molecule has 2 aromatic carbocycles.